The van der Waals surface area contributed by atoms with E-state index in [0.717, 1.165) is 17.0 Å². The SMILES string of the molecule is C[C@H](Sc1nnc(-c2cccnc2)n1Cc1ccccc1)C(=O)NC(C)(C)C. The zero-order valence-corrected chi connectivity index (χ0v) is 17.4. The number of nitrogens with one attached hydrogen (secondary N) is 1. The highest BCUT2D eigenvalue weighted by Gasteiger charge is 2.23. The lowest BCUT2D eigenvalue weighted by Crippen LogP contribution is -2.44. The minimum atomic E-state index is -0.292. The van der Waals surface area contributed by atoms with Gasteiger partial charge in [0.2, 0.25) is 5.91 Å². The summed E-state index contributed by atoms with van der Waals surface area (Å²) < 4.78 is 2.04. The summed E-state index contributed by atoms with van der Waals surface area (Å²) in [6.07, 6.45) is 3.51. The highest BCUT2D eigenvalue weighted by molar-refractivity contribution is 8.00. The van der Waals surface area contributed by atoms with E-state index in [4.69, 9.17) is 0 Å². The lowest BCUT2D eigenvalue weighted by atomic mass is 10.1. The van der Waals surface area contributed by atoms with Crippen molar-refractivity contribution in [1.29, 1.82) is 0 Å². The Labute approximate surface area is 169 Å². The number of benzene rings is 1. The molecule has 2 aromatic heterocycles. The van der Waals surface area contributed by atoms with Crippen LogP contribution in [0.2, 0.25) is 0 Å². The molecule has 0 aliphatic heterocycles. The minimum absolute atomic E-state index is 0.0188. The van der Waals surface area contributed by atoms with Crippen LogP contribution >= 0.6 is 11.8 Å². The lowest BCUT2D eigenvalue weighted by Gasteiger charge is -2.23. The molecule has 1 N–H and O–H groups in total. The molecule has 0 saturated carbocycles. The number of aromatic nitrogens is 4. The van der Waals surface area contributed by atoms with Gasteiger partial charge in [0, 0.05) is 23.5 Å². The van der Waals surface area contributed by atoms with Gasteiger partial charge in [-0.15, -0.1) is 10.2 Å². The van der Waals surface area contributed by atoms with E-state index in [1.165, 1.54) is 11.8 Å². The second-order valence-electron chi connectivity index (χ2n) is 7.62. The molecule has 0 radical (unpaired) electrons. The molecule has 0 saturated heterocycles. The first kappa shape index (κ1) is 20.1. The molecular weight excluding hydrogens is 370 g/mol. The molecule has 0 aliphatic carbocycles. The van der Waals surface area contributed by atoms with Crippen molar-refractivity contribution in [2.45, 2.75) is 50.2 Å². The smallest absolute Gasteiger partial charge is 0.233 e. The second kappa shape index (κ2) is 8.56. The van der Waals surface area contributed by atoms with Gasteiger partial charge < -0.3 is 5.32 Å². The van der Waals surface area contributed by atoms with E-state index in [9.17, 15) is 4.79 Å². The third kappa shape index (κ3) is 5.19. The van der Waals surface area contributed by atoms with E-state index in [1.807, 2.05) is 62.6 Å². The van der Waals surface area contributed by atoms with E-state index in [2.05, 4.69) is 32.6 Å². The molecule has 0 bridgehead atoms. The van der Waals surface area contributed by atoms with E-state index >= 15 is 0 Å². The van der Waals surface area contributed by atoms with Crippen molar-refractivity contribution >= 4 is 17.7 Å². The van der Waals surface area contributed by atoms with Gasteiger partial charge in [-0.25, -0.2) is 0 Å². The van der Waals surface area contributed by atoms with Gasteiger partial charge in [0.1, 0.15) is 0 Å². The Balaban J connectivity index is 1.90. The van der Waals surface area contributed by atoms with Crippen LogP contribution < -0.4 is 5.32 Å². The predicted molar refractivity (Wildman–Crippen MR) is 112 cm³/mol. The molecule has 1 atom stereocenters. The first-order chi connectivity index (χ1) is 13.3. The monoisotopic (exact) mass is 395 g/mol. The lowest BCUT2D eigenvalue weighted by molar-refractivity contribution is -0.121. The topological polar surface area (TPSA) is 72.7 Å². The van der Waals surface area contributed by atoms with Crippen LogP contribution in [-0.4, -0.2) is 36.4 Å². The first-order valence-corrected chi connectivity index (χ1v) is 10.1. The van der Waals surface area contributed by atoms with Crippen molar-refractivity contribution < 1.29 is 4.79 Å². The predicted octanol–water partition coefficient (Wildman–Crippen LogP) is 3.78. The van der Waals surface area contributed by atoms with Crippen molar-refractivity contribution in [3.63, 3.8) is 0 Å². The Bertz CT molecular complexity index is 919. The van der Waals surface area contributed by atoms with Crippen molar-refractivity contribution in [2.75, 3.05) is 0 Å². The molecule has 146 valence electrons. The van der Waals surface area contributed by atoms with Crippen LogP contribution in [0.15, 0.2) is 60.0 Å². The molecule has 0 spiro atoms. The number of hydrogen-bond acceptors (Lipinski definition) is 5. The van der Waals surface area contributed by atoms with Crippen LogP contribution in [0.1, 0.15) is 33.3 Å². The van der Waals surface area contributed by atoms with E-state index < -0.39 is 0 Å². The first-order valence-electron chi connectivity index (χ1n) is 9.20. The molecule has 0 unspecified atom stereocenters. The summed E-state index contributed by atoms with van der Waals surface area (Å²) in [6.45, 7) is 8.42. The average Bonchev–Trinajstić information content (AvgIpc) is 3.04. The summed E-state index contributed by atoms with van der Waals surface area (Å²) >= 11 is 1.41. The van der Waals surface area contributed by atoms with Crippen molar-refractivity contribution in [3.05, 3.63) is 60.4 Å². The number of pyridine rings is 1. The molecule has 28 heavy (non-hydrogen) atoms. The van der Waals surface area contributed by atoms with E-state index in [0.29, 0.717) is 11.7 Å². The number of amides is 1. The standard InChI is InChI=1S/C21H25N5OS/c1-15(19(27)23-21(2,3)4)28-20-25-24-18(17-11-8-12-22-13-17)26(20)14-16-9-6-5-7-10-16/h5-13,15H,14H2,1-4H3,(H,23,27)/t15-/m0/s1. The van der Waals surface area contributed by atoms with Crippen LogP contribution in [0.25, 0.3) is 11.4 Å². The summed E-state index contributed by atoms with van der Waals surface area (Å²) in [5, 5.41) is 12.2. The summed E-state index contributed by atoms with van der Waals surface area (Å²) in [6, 6.07) is 14.0. The molecule has 7 heteroatoms. The van der Waals surface area contributed by atoms with E-state index in [-0.39, 0.29) is 16.7 Å². The summed E-state index contributed by atoms with van der Waals surface area (Å²) in [5.41, 5.74) is 1.76. The second-order valence-corrected chi connectivity index (χ2v) is 8.93. The molecule has 1 aromatic carbocycles. The maximum absolute atomic E-state index is 12.5. The van der Waals surface area contributed by atoms with Gasteiger partial charge in [-0.3, -0.25) is 14.3 Å². The van der Waals surface area contributed by atoms with Crippen LogP contribution in [0.3, 0.4) is 0 Å². The zero-order chi connectivity index (χ0) is 20.1. The molecule has 6 nitrogen and oxygen atoms in total. The zero-order valence-electron chi connectivity index (χ0n) is 16.6. The Morgan fingerprint density at radius 1 is 1.14 bits per heavy atom. The Hall–Kier alpha value is -2.67. The van der Waals surface area contributed by atoms with Crippen molar-refractivity contribution in [2.24, 2.45) is 0 Å². The third-order valence-electron chi connectivity index (χ3n) is 3.97. The highest BCUT2D eigenvalue weighted by atomic mass is 32.2. The number of rotatable bonds is 6. The normalized spacial score (nSPS) is 12.6. The maximum Gasteiger partial charge on any atom is 0.233 e. The van der Waals surface area contributed by atoms with Crippen LogP contribution in [-0.2, 0) is 11.3 Å². The van der Waals surface area contributed by atoms with Gasteiger partial charge in [-0.2, -0.15) is 0 Å². The minimum Gasteiger partial charge on any atom is -0.351 e. The summed E-state index contributed by atoms with van der Waals surface area (Å²) in [4.78, 5) is 16.7. The Kier molecular flexibility index (Phi) is 6.14. The van der Waals surface area contributed by atoms with E-state index in [1.54, 1.807) is 12.4 Å². The van der Waals surface area contributed by atoms with Gasteiger partial charge in [0.25, 0.3) is 0 Å². The molecule has 3 rings (SSSR count). The fraction of sp³-hybridized carbons (Fsp3) is 0.333. The highest BCUT2D eigenvalue weighted by Crippen LogP contribution is 2.27. The largest absolute Gasteiger partial charge is 0.351 e. The van der Waals surface area contributed by atoms with Gasteiger partial charge in [-0.05, 0) is 45.4 Å². The van der Waals surface area contributed by atoms with Gasteiger partial charge in [0.15, 0.2) is 11.0 Å². The number of nitrogens with zero attached hydrogens (tertiary/aromatic N) is 4. The third-order valence-corrected chi connectivity index (χ3v) is 5.05. The van der Waals surface area contributed by atoms with Crippen molar-refractivity contribution in [3.8, 4) is 11.4 Å². The number of thioether (sulfide) groups is 1. The number of carbonyl (C=O) groups excluding carboxylic acids is 1. The molecular formula is C21H25N5OS. The van der Waals surface area contributed by atoms with Gasteiger partial charge in [0.05, 0.1) is 11.8 Å². The summed E-state index contributed by atoms with van der Waals surface area (Å²) in [7, 11) is 0. The number of carbonyl (C=O) groups is 1. The molecule has 3 aromatic rings. The fourth-order valence-corrected chi connectivity index (χ4v) is 3.52. The molecule has 0 fully saturated rings. The quantitative estimate of drug-likeness (QED) is 0.643. The summed E-state index contributed by atoms with van der Waals surface area (Å²) in [5.74, 6) is 0.720. The molecule has 1 amide bonds. The Morgan fingerprint density at radius 3 is 2.54 bits per heavy atom. The van der Waals surface area contributed by atoms with Crippen LogP contribution in [0.5, 0.6) is 0 Å². The fourth-order valence-electron chi connectivity index (χ4n) is 2.68. The van der Waals surface area contributed by atoms with Crippen molar-refractivity contribution in [1.82, 2.24) is 25.1 Å². The van der Waals surface area contributed by atoms with Crippen LogP contribution in [0.4, 0.5) is 0 Å². The van der Waals surface area contributed by atoms with Gasteiger partial charge in [-0.1, -0.05) is 42.1 Å². The van der Waals surface area contributed by atoms with Crippen LogP contribution in [0, 0.1) is 0 Å². The van der Waals surface area contributed by atoms with Gasteiger partial charge >= 0.3 is 0 Å². The number of hydrogen-bond donors (Lipinski definition) is 1. The molecule has 0 aliphatic rings. The molecule has 2 heterocycles. The average molecular weight is 396 g/mol. The maximum atomic E-state index is 12.5. The Morgan fingerprint density at radius 2 is 1.89 bits per heavy atom.